The van der Waals surface area contributed by atoms with Crippen molar-refractivity contribution in [1.29, 1.82) is 0 Å². The second kappa shape index (κ2) is 7.43. The molecule has 2 aromatic heterocycles. The Morgan fingerprint density at radius 1 is 1.17 bits per heavy atom. The van der Waals surface area contributed by atoms with Crippen LogP contribution in [0.15, 0.2) is 48.7 Å². The number of imide groups is 1. The molecule has 0 unspecified atom stereocenters. The Hall–Kier alpha value is -4.01. The van der Waals surface area contributed by atoms with Gasteiger partial charge in [-0.05, 0) is 43.3 Å². The van der Waals surface area contributed by atoms with Crippen LogP contribution in [0.1, 0.15) is 34.0 Å². The largest absolute Gasteiger partial charge is 0.383 e. The van der Waals surface area contributed by atoms with E-state index < -0.39 is 5.92 Å². The van der Waals surface area contributed by atoms with Crippen molar-refractivity contribution in [3.63, 3.8) is 0 Å². The fourth-order valence-corrected chi connectivity index (χ4v) is 3.68. The maximum atomic E-state index is 13.2. The van der Waals surface area contributed by atoms with Gasteiger partial charge in [0.25, 0.3) is 5.91 Å². The molecule has 30 heavy (non-hydrogen) atoms. The van der Waals surface area contributed by atoms with Gasteiger partial charge in [-0.25, -0.2) is 4.98 Å². The molecule has 1 aliphatic heterocycles. The van der Waals surface area contributed by atoms with E-state index in [2.05, 4.69) is 15.4 Å². The molecule has 0 bridgehead atoms. The van der Waals surface area contributed by atoms with Gasteiger partial charge in [0.1, 0.15) is 5.82 Å². The van der Waals surface area contributed by atoms with Gasteiger partial charge in [-0.2, -0.15) is 9.78 Å². The lowest BCUT2D eigenvalue weighted by atomic mass is 9.97. The van der Waals surface area contributed by atoms with Crippen LogP contribution in [0.3, 0.4) is 0 Å². The average Bonchev–Trinajstić information content (AvgIpc) is 3.22. The summed E-state index contributed by atoms with van der Waals surface area (Å²) in [6.45, 7) is 1.75. The highest BCUT2D eigenvalue weighted by Gasteiger charge is 2.43. The first-order chi connectivity index (χ1) is 14.4. The van der Waals surface area contributed by atoms with Gasteiger partial charge in [0, 0.05) is 30.8 Å². The van der Waals surface area contributed by atoms with E-state index in [4.69, 9.17) is 5.73 Å². The number of hydrogen-bond acceptors (Lipinski definition) is 6. The molecule has 3 amide bonds. The summed E-state index contributed by atoms with van der Waals surface area (Å²) in [7, 11) is 1.53. The Morgan fingerprint density at radius 3 is 2.53 bits per heavy atom. The van der Waals surface area contributed by atoms with Gasteiger partial charge in [-0.1, -0.05) is 6.07 Å². The lowest BCUT2D eigenvalue weighted by molar-refractivity contribution is -0.121. The maximum Gasteiger partial charge on any atom is 0.251 e. The Bertz CT molecular complexity index is 1140. The van der Waals surface area contributed by atoms with Gasteiger partial charge in [-0.15, -0.1) is 0 Å². The van der Waals surface area contributed by atoms with Crippen molar-refractivity contribution in [3.05, 3.63) is 65.5 Å². The molecule has 3 heterocycles. The molecule has 0 radical (unpaired) electrons. The summed E-state index contributed by atoms with van der Waals surface area (Å²) < 4.78 is 1.48. The van der Waals surface area contributed by atoms with Crippen LogP contribution < -0.4 is 16.0 Å². The number of aryl methyl sites for hydroxylation is 1. The molecule has 1 fully saturated rings. The molecule has 0 saturated carbocycles. The number of hydrogen-bond donors (Lipinski definition) is 2. The molecule has 9 nitrogen and oxygen atoms in total. The summed E-state index contributed by atoms with van der Waals surface area (Å²) in [5.74, 6) is -0.862. The number of nitrogen functional groups attached to an aromatic ring is 1. The van der Waals surface area contributed by atoms with Crippen LogP contribution in [0, 0.1) is 6.92 Å². The summed E-state index contributed by atoms with van der Waals surface area (Å²) in [6, 6.07) is 11.7. The summed E-state index contributed by atoms with van der Waals surface area (Å²) in [6.07, 6.45) is 1.62. The van der Waals surface area contributed by atoms with Crippen molar-refractivity contribution < 1.29 is 14.4 Å². The molecule has 1 aliphatic rings. The Kier molecular flexibility index (Phi) is 4.78. The first-order valence-corrected chi connectivity index (χ1v) is 9.37. The van der Waals surface area contributed by atoms with Gasteiger partial charge >= 0.3 is 0 Å². The topological polar surface area (TPSA) is 123 Å². The van der Waals surface area contributed by atoms with E-state index in [9.17, 15) is 14.4 Å². The molecular weight excluding hydrogens is 384 g/mol. The molecular formula is C21H20N6O3. The van der Waals surface area contributed by atoms with Crippen LogP contribution in [-0.4, -0.2) is 39.5 Å². The van der Waals surface area contributed by atoms with E-state index >= 15 is 0 Å². The number of amides is 3. The molecule has 152 valence electrons. The standard InChI is InChI=1S/C21H20N6O3/c1-12-18(19(22)27(25-12)16-5-3-4-10-24-16)15-11-17(28)26(21(15)30)14-8-6-13(7-9-14)20(29)23-2/h3-10,15H,11,22H2,1-2H3,(H,23,29)/t15-/m0/s1. The summed E-state index contributed by atoms with van der Waals surface area (Å²) in [5.41, 5.74) is 8.26. The molecule has 9 heteroatoms. The molecule has 1 aromatic carbocycles. The van der Waals surface area contributed by atoms with E-state index in [-0.39, 0.29) is 30.0 Å². The second-order valence-corrected chi connectivity index (χ2v) is 6.93. The maximum absolute atomic E-state index is 13.2. The van der Waals surface area contributed by atoms with Crippen molar-refractivity contribution >= 4 is 29.2 Å². The normalized spacial score (nSPS) is 16.2. The highest BCUT2D eigenvalue weighted by atomic mass is 16.2. The lowest BCUT2D eigenvalue weighted by Crippen LogP contribution is -2.30. The number of carbonyl (C=O) groups is 3. The van der Waals surface area contributed by atoms with Gasteiger partial charge in [0.15, 0.2) is 5.82 Å². The molecule has 4 rings (SSSR count). The molecule has 3 aromatic rings. The molecule has 1 atom stereocenters. The van der Waals surface area contributed by atoms with Gasteiger partial charge in [0.05, 0.1) is 17.3 Å². The third-order valence-electron chi connectivity index (χ3n) is 5.12. The van der Waals surface area contributed by atoms with Crippen molar-refractivity contribution in [2.24, 2.45) is 0 Å². The smallest absolute Gasteiger partial charge is 0.251 e. The molecule has 1 saturated heterocycles. The van der Waals surface area contributed by atoms with Crippen molar-refractivity contribution in [2.75, 3.05) is 17.7 Å². The number of nitrogens with two attached hydrogens (primary N) is 1. The predicted octanol–water partition coefficient (Wildman–Crippen LogP) is 1.56. The van der Waals surface area contributed by atoms with E-state index in [0.717, 1.165) is 4.90 Å². The number of carbonyl (C=O) groups excluding carboxylic acids is 3. The number of rotatable bonds is 4. The summed E-state index contributed by atoms with van der Waals surface area (Å²) >= 11 is 0. The number of nitrogens with zero attached hydrogens (tertiary/aromatic N) is 4. The van der Waals surface area contributed by atoms with Crippen LogP contribution in [-0.2, 0) is 9.59 Å². The number of aromatic nitrogens is 3. The van der Waals surface area contributed by atoms with E-state index in [1.54, 1.807) is 49.5 Å². The number of benzene rings is 1. The van der Waals surface area contributed by atoms with Crippen LogP contribution in [0.5, 0.6) is 0 Å². The third-order valence-corrected chi connectivity index (χ3v) is 5.12. The SMILES string of the molecule is CNC(=O)c1ccc(N2C(=O)C[C@@H](c3c(C)nn(-c4ccccn4)c3N)C2=O)cc1. The summed E-state index contributed by atoms with van der Waals surface area (Å²) in [4.78, 5) is 42.9. The average molecular weight is 404 g/mol. The number of pyridine rings is 1. The summed E-state index contributed by atoms with van der Waals surface area (Å²) in [5, 5.41) is 6.96. The van der Waals surface area contributed by atoms with Crippen LogP contribution in [0.4, 0.5) is 11.5 Å². The lowest BCUT2D eigenvalue weighted by Gasteiger charge is -2.15. The van der Waals surface area contributed by atoms with Crippen LogP contribution in [0.25, 0.3) is 5.82 Å². The zero-order valence-corrected chi connectivity index (χ0v) is 16.5. The number of anilines is 2. The molecule has 3 N–H and O–H groups in total. The Labute approximate surface area is 172 Å². The molecule has 0 aliphatic carbocycles. The van der Waals surface area contributed by atoms with E-state index in [0.29, 0.717) is 28.3 Å². The van der Waals surface area contributed by atoms with Crippen molar-refractivity contribution in [3.8, 4) is 5.82 Å². The van der Waals surface area contributed by atoms with Crippen molar-refractivity contribution in [1.82, 2.24) is 20.1 Å². The fourth-order valence-electron chi connectivity index (χ4n) is 3.68. The highest BCUT2D eigenvalue weighted by Crippen LogP contribution is 2.37. The molecule has 0 spiro atoms. The predicted molar refractivity (Wildman–Crippen MR) is 110 cm³/mol. The zero-order chi connectivity index (χ0) is 21.4. The van der Waals surface area contributed by atoms with Gasteiger partial charge in [0.2, 0.25) is 11.8 Å². The first kappa shape index (κ1) is 19.3. The quantitative estimate of drug-likeness (QED) is 0.636. The minimum atomic E-state index is -0.728. The van der Waals surface area contributed by atoms with E-state index in [1.165, 1.54) is 11.7 Å². The minimum Gasteiger partial charge on any atom is -0.383 e. The van der Waals surface area contributed by atoms with Gasteiger partial charge < -0.3 is 11.1 Å². The van der Waals surface area contributed by atoms with Crippen LogP contribution >= 0.6 is 0 Å². The second-order valence-electron chi connectivity index (χ2n) is 6.93. The van der Waals surface area contributed by atoms with Crippen LogP contribution in [0.2, 0.25) is 0 Å². The Balaban J connectivity index is 1.67. The van der Waals surface area contributed by atoms with E-state index in [1.807, 2.05) is 6.07 Å². The zero-order valence-electron chi connectivity index (χ0n) is 16.5. The third kappa shape index (κ3) is 3.10. The first-order valence-electron chi connectivity index (χ1n) is 9.37. The minimum absolute atomic E-state index is 0.00498. The van der Waals surface area contributed by atoms with Gasteiger partial charge in [-0.3, -0.25) is 19.3 Å². The Morgan fingerprint density at radius 2 is 1.90 bits per heavy atom. The highest BCUT2D eigenvalue weighted by molar-refractivity contribution is 6.23. The monoisotopic (exact) mass is 404 g/mol. The number of nitrogens with one attached hydrogen (secondary N) is 1. The fraction of sp³-hybridized carbons (Fsp3) is 0.190. The van der Waals surface area contributed by atoms with Crippen molar-refractivity contribution in [2.45, 2.75) is 19.3 Å².